The van der Waals surface area contributed by atoms with Crippen LogP contribution < -0.4 is 10.5 Å². The maximum atomic E-state index is 7.50. The summed E-state index contributed by atoms with van der Waals surface area (Å²) in [6.45, 7) is 15.5. The molecule has 1 aliphatic rings. The maximum absolute atomic E-state index is 7.50. The van der Waals surface area contributed by atoms with Crippen LogP contribution in [0.2, 0.25) is 0 Å². The summed E-state index contributed by atoms with van der Waals surface area (Å²) in [4.78, 5) is 0. The second kappa shape index (κ2) is 16.7. The van der Waals surface area contributed by atoms with Crippen LogP contribution in [0.3, 0.4) is 0 Å². The van der Waals surface area contributed by atoms with Gasteiger partial charge in [-0.15, -0.1) is 0 Å². The average molecular weight is 385 g/mol. The number of nitrogens with two attached hydrogens (primary N) is 1. The van der Waals surface area contributed by atoms with Crippen LogP contribution in [0, 0.1) is 26.9 Å². The molecule has 1 aliphatic carbocycles. The van der Waals surface area contributed by atoms with E-state index in [9.17, 15) is 0 Å². The Kier molecular flexibility index (Phi) is 18.5. The second-order valence-corrected chi connectivity index (χ2v) is 4.46. The molecular formula is C18H19FeNO5. The van der Waals surface area contributed by atoms with Crippen LogP contribution in [0.5, 0.6) is 5.75 Å². The van der Waals surface area contributed by atoms with Gasteiger partial charge in [0.1, 0.15) is 11.5 Å². The van der Waals surface area contributed by atoms with Gasteiger partial charge >= 0.3 is 33.9 Å². The Bertz CT molecular complexity index is 618. The number of nitrogen functional groups attached to an aromatic ring is 1. The Balaban J connectivity index is -0.000000626. The molecule has 134 valence electrons. The molecule has 0 saturated carbocycles. The van der Waals surface area contributed by atoms with Gasteiger partial charge in [-0.25, -0.2) is 0 Å². The van der Waals surface area contributed by atoms with E-state index in [4.69, 9.17) is 29.2 Å². The number of hydrogen-bond acceptors (Lipinski definition) is 3. The van der Waals surface area contributed by atoms with E-state index in [1.807, 2.05) is 19.1 Å². The largest absolute Gasteiger partial charge is 0 e. The number of aryl methyl sites for hydroxylation is 1. The number of ether oxygens (including phenoxy) is 2. The van der Waals surface area contributed by atoms with E-state index in [1.165, 1.54) is 0 Å². The molecule has 0 fully saturated rings. The molecule has 2 N–H and O–H groups in total. The van der Waals surface area contributed by atoms with Crippen molar-refractivity contribution in [2.24, 2.45) is 0 Å². The summed E-state index contributed by atoms with van der Waals surface area (Å²) in [6, 6.07) is 4.00. The normalized spacial score (nSPS) is 13.5. The Morgan fingerprint density at radius 2 is 1.60 bits per heavy atom. The van der Waals surface area contributed by atoms with Gasteiger partial charge in [0.15, 0.2) is 0 Å². The third kappa shape index (κ3) is 8.48. The van der Waals surface area contributed by atoms with E-state index in [0.29, 0.717) is 5.92 Å². The fraction of sp³-hybridized carbons (Fsp3) is 0.278. The third-order valence-electron chi connectivity index (χ3n) is 3.30. The molecule has 0 bridgehead atoms. The van der Waals surface area contributed by atoms with Gasteiger partial charge in [0, 0.05) is 34.7 Å². The summed E-state index contributed by atoms with van der Waals surface area (Å²) in [6.07, 6.45) is 7.13. The fourth-order valence-corrected chi connectivity index (χ4v) is 2.25. The van der Waals surface area contributed by atoms with Crippen LogP contribution in [0.25, 0.3) is 0 Å². The SMILES string of the molecule is COC1=CCC(c2cc(C)c(OC)cc2N)C=C1.[C-]#[O+].[C-]#[O+].[C-]#[O+].[Fe]. The maximum Gasteiger partial charge on any atom is 0 e. The number of anilines is 1. The Morgan fingerprint density at radius 1 is 1.04 bits per heavy atom. The molecule has 0 spiro atoms. The van der Waals surface area contributed by atoms with E-state index in [1.54, 1.807) is 14.2 Å². The molecule has 0 amide bonds. The van der Waals surface area contributed by atoms with Crippen molar-refractivity contribution in [1.82, 2.24) is 0 Å². The van der Waals surface area contributed by atoms with Gasteiger partial charge < -0.3 is 15.2 Å². The van der Waals surface area contributed by atoms with E-state index in [-0.39, 0.29) is 17.1 Å². The first-order valence-electron chi connectivity index (χ1n) is 6.63. The first-order chi connectivity index (χ1) is 11.7. The van der Waals surface area contributed by atoms with Crippen LogP contribution in [0.1, 0.15) is 23.5 Å². The van der Waals surface area contributed by atoms with Crippen molar-refractivity contribution in [3.63, 3.8) is 0 Å². The average Bonchev–Trinajstić information content (AvgIpc) is 2.68. The zero-order valence-corrected chi connectivity index (χ0v) is 15.2. The summed E-state index contributed by atoms with van der Waals surface area (Å²) >= 11 is 0. The number of hydrogen-bond donors (Lipinski definition) is 1. The number of methoxy groups -OCH3 is 2. The summed E-state index contributed by atoms with van der Waals surface area (Å²) in [5.41, 5.74) is 9.13. The molecule has 1 aromatic carbocycles. The van der Waals surface area contributed by atoms with E-state index >= 15 is 0 Å². The molecule has 25 heavy (non-hydrogen) atoms. The minimum Gasteiger partial charge on any atom is 0 e. The molecule has 0 saturated heterocycles. The molecular weight excluding hydrogens is 366 g/mol. The van der Waals surface area contributed by atoms with Gasteiger partial charge in [-0.3, -0.25) is 0 Å². The van der Waals surface area contributed by atoms with E-state index in [0.717, 1.165) is 34.7 Å². The molecule has 2 rings (SSSR count). The number of benzene rings is 1. The first kappa shape index (κ1) is 27.7. The van der Waals surface area contributed by atoms with Crippen molar-refractivity contribution < 1.29 is 40.5 Å². The summed E-state index contributed by atoms with van der Waals surface area (Å²) in [5.74, 6) is 2.06. The van der Waals surface area contributed by atoms with Crippen LogP contribution >= 0.6 is 0 Å². The quantitative estimate of drug-likeness (QED) is 0.374. The number of rotatable bonds is 3. The molecule has 1 unspecified atom stereocenters. The van der Waals surface area contributed by atoms with Gasteiger partial charge in [0.05, 0.1) is 14.2 Å². The molecule has 6 nitrogen and oxygen atoms in total. The van der Waals surface area contributed by atoms with Crippen LogP contribution in [0.15, 0.2) is 36.1 Å². The zero-order chi connectivity index (χ0) is 19.1. The van der Waals surface area contributed by atoms with Gasteiger partial charge in [-0.05, 0) is 42.7 Å². The second-order valence-electron chi connectivity index (χ2n) is 4.46. The van der Waals surface area contributed by atoms with Crippen molar-refractivity contribution in [2.45, 2.75) is 19.3 Å². The zero-order valence-electron chi connectivity index (χ0n) is 14.1. The minimum atomic E-state index is 0. The van der Waals surface area contributed by atoms with Crippen molar-refractivity contribution >= 4 is 5.69 Å². The van der Waals surface area contributed by atoms with Gasteiger partial charge in [-0.1, -0.05) is 6.08 Å². The predicted molar refractivity (Wildman–Crippen MR) is 85.5 cm³/mol. The van der Waals surface area contributed by atoms with Gasteiger partial charge in [-0.2, -0.15) is 0 Å². The van der Waals surface area contributed by atoms with Crippen molar-refractivity contribution in [1.29, 1.82) is 0 Å². The summed E-state index contributed by atoms with van der Waals surface area (Å²) < 4.78 is 33.0. The van der Waals surface area contributed by atoms with Crippen molar-refractivity contribution in [3.8, 4) is 5.75 Å². The first-order valence-corrected chi connectivity index (χ1v) is 6.63. The smallest absolute Gasteiger partial charge is 0 e. The molecule has 0 heterocycles. The predicted octanol–water partition coefficient (Wildman–Crippen LogP) is 3.04. The Labute approximate surface area is 158 Å². The van der Waals surface area contributed by atoms with Crippen molar-refractivity contribution in [3.05, 3.63) is 67.2 Å². The molecule has 1 atom stereocenters. The van der Waals surface area contributed by atoms with E-state index in [2.05, 4.69) is 38.2 Å². The summed E-state index contributed by atoms with van der Waals surface area (Å²) in [7, 11) is 3.35. The third-order valence-corrected chi connectivity index (χ3v) is 3.30. The standard InChI is InChI=1S/C15H19NO2.3CO.Fe/c1-10-8-13(14(16)9-15(10)18-3)11-4-6-12(17-2)7-5-11;3*1-2;/h4,6-9,11H,5,16H2,1-3H3;;;;. The Hall–Kier alpha value is -2.16. The van der Waals surface area contributed by atoms with Gasteiger partial charge in [0.2, 0.25) is 0 Å². The molecule has 1 aromatic rings. The molecule has 0 aromatic heterocycles. The Morgan fingerprint density at radius 3 is 2.00 bits per heavy atom. The van der Waals surface area contributed by atoms with Crippen LogP contribution in [-0.2, 0) is 35.8 Å². The number of allylic oxidation sites excluding steroid dienone is 3. The van der Waals surface area contributed by atoms with E-state index < -0.39 is 0 Å². The monoisotopic (exact) mass is 385 g/mol. The fourth-order valence-electron chi connectivity index (χ4n) is 2.25. The van der Waals surface area contributed by atoms with Crippen LogP contribution in [-0.4, -0.2) is 14.2 Å². The molecule has 0 aliphatic heterocycles. The minimum absolute atomic E-state index is 0. The van der Waals surface area contributed by atoms with Crippen molar-refractivity contribution in [2.75, 3.05) is 20.0 Å². The molecule has 7 heteroatoms. The topological polar surface area (TPSA) is 104 Å². The summed E-state index contributed by atoms with van der Waals surface area (Å²) in [5, 5.41) is 0. The van der Waals surface area contributed by atoms with Crippen LogP contribution in [0.4, 0.5) is 5.69 Å². The molecule has 0 radical (unpaired) electrons. The van der Waals surface area contributed by atoms with Gasteiger partial charge in [0.25, 0.3) is 0 Å².